The Balaban J connectivity index is 1.83. The van der Waals surface area contributed by atoms with Crippen molar-refractivity contribution in [3.05, 3.63) is 47.4 Å². The zero-order valence-corrected chi connectivity index (χ0v) is 14.2. The summed E-state index contributed by atoms with van der Waals surface area (Å²) in [6.07, 6.45) is 2.84. The molecule has 1 atom stereocenters. The normalized spacial score (nSPS) is 17.0. The molecule has 1 aliphatic heterocycles. The number of nitrogens with zero attached hydrogens (tertiary/aromatic N) is 2. The quantitative estimate of drug-likeness (QED) is 0.918. The van der Waals surface area contributed by atoms with Crippen LogP contribution in [0, 0.1) is 6.92 Å². The van der Waals surface area contributed by atoms with E-state index in [2.05, 4.69) is 22.2 Å². The lowest BCUT2D eigenvalue weighted by atomic mass is 10.1. The number of carbonyl (C=O) groups excluding carboxylic acids is 1. The van der Waals surface area contributed by atoms with Gasteiger partial charge in [0.2, 0.25) is 0 Å². The lowest BCUT2D eigenvalue weighted by Crippen LogP contribution is -2.34. The van der Waals surface area contributed by atoms with Crippen LogP contribution in [0.2, 0.25) is 0 Å². The number of rotatable bonds is 5. The molecule has 0 saturated carbocycles. The maximum absolute atomic E-state index is 12.4. The van der Waals surface area contributed by atoms with E-state index in [0.29, 0.717) is 18.8 Å². The van der Waals surface area contributed by atoms with Gasteiger partial charge in [0, 0.05) is 23.4 Å². The summed E-state index contributed by atoms with van der Waals surface area (Å²) in [4.78, 5) is 21.4. The molecule has 2 aromatic rings. The highest BCUT2D eigenvalue weighted by molar-refractivity contribution is 5.95. The molecule has 0 radical (unpaired) electrons. The summed E-state index contributed by atoms with van der Waals surface area (Å²) < 4.78 is 5.30. The molecule has 1 aliphatic rings. The van der Waals surface area contributed by atoms with E-state index in [0.717, 1.165) is 42.0 Å². The molecule has 5 heteroatoms. The molecule has 1 fully saturated rings. The van der Waals surface area contributed by atoms with Crippen LogP contribution in [0.3, 0.4) is 0 Å². The van der Waals surface area contributed by atoms with Crippen molar-refractivity contribution < 1.29 is 9.53 Å². The average Bonchev–Trinajstić information content (AvgIpc) is 3.08. The molecule has 0 spiro atoms. The van der Waals surface area contributed by atoms with E-state index >= 15 is 0 Å². The second-order valence-electron chi connectivity index (χ2n) is 6.16. The molecule has 1 saturated heterocycles. The number of benzene rings is 1. The summed E-state index contributed by atoms with van der Waals surface area (Å²) in [6, 6.07) is 9.72. The standard InChI is InChI=1S/C19H23N3O2/c1-3-5-16-11-18(21-13(2)20-16)14-6-4-7-15(10-14)19(23)22-17-8-9-24-12-17/h4,6-7,10-11,17H,3,5,8-9,12H2,1-2H3,(H,22,23). The third-order valence-corrected chi connectivity index (χ3v) is 4.08. The monoisotopic (exact) mass is 325 g/mol. The molecule has 5 nitrogen and oxygen atoms in total. The van der Waals surface area contributed by atoms with Crippen molar-refractivity contribution in [2.24, 2.45) is 0 Å². The van der Waals surface area contributed by atoms with Gasteiger partial charge in [0.25, 0.3) is 5.91 Å². The summed E-state index contributed by atoms with van der Waals surface area (Å²) in [5, 5.41) is 3.02. The molecule has 3 rings (SSSR count). The first-order chi connectivity index (χ1) is 11.7. The Labute approximate surface area is 142 Å². The number of aryl methyl sites for hydroxylation is 2. The van der Waals surface area contributed by atoms with E-state index in [-0.39, 0.29) is 11.9 Å². The molecular weight excluding hydrogens is 302 g/mol. The molecular formula is C19H23N3O2. The fraction of sp³-hybridized carbons (Fsp3) is 0.421. The van der Waals surface area contributed by atoms with Gasteiger partial charge in [-0.25, -0.2) is 9.97 Å². The minimum Gasteiger partial charge on any atom is -0.379 e. The first-order valence-electron chi connectivity index (χ1n) is 8.49. The van der Waals surface area contributed by atoms with Crippen LogP contribution in [0.15, 0.2) is 30.3 Å². The topological polar surface area (TPSA) is 64.1 Å². The predicted molar refractivity (Wildman–Crippen MR) is 92.9 cm³/mol. The first kappa shape index (κ1) is 16.6. The van der Waals surface area contributed by atoms with Crippen molar-refractivity contribution in [1.82, 2.24) is 15.3 Å². The summed E-state index contributed by atoms with van der Waals surface area (Å²) in [5.41, 5.74) is 3.49. The van der Waals surface area contributed by atoms with E-state index in [1.165, 1.54) is 0 Å². The molecule has 2 heterocycles. The molecule has 1 aromatic heterocycles. The van der Waals surface area contributed by atoms with Crippen LogP contribution < -0.4 is 5.32 Å². The van der Waals surface area contributed by atoms with E-state index < -0.39 is 0 Å². The van der Waals surface area contributed by atoms with Gasteiger partial charge in [-0.2, -0.15) is 0 Å². The average molecular weight is 325 g/mol. The highest BCUT2D eigenvalue weighted by Gasteiger charge is 2.18. The van der Waals surface area contributed by atoms with Crippen LogP contribution in [0.25, 0.3) is 11.3 Å². The van der Waals surface area contributed by atoms with Crippen molar-refractivity contribution in [1.29, 1.82) is 0 Å². The van der Waals surface area contributed by atoms with E-state index in [1.54, 1.807) is 0 Å². The molecule has 0 bridgehead atoms. The fourth-order valence-corrected chi connectivity index (χ4v) is 2.90. The van der Waals surface area contributed by atoms with E-state index in [1.807, 2.05) is 37.3 Å². The van der Waals surface area contributed by atoms with Crippen LogP contribution in [0.5, 0.6) is 0 Å². The zero-order chi connectivity index (χ0) is 16.9. The van der Waals surface area contributed by atoms with Crippen molar-refractivity contribution in [3.63, 3.8) is 0 Å². The molecule has 0 aliphatic carbocycles. The van der Waals surface area contributed by atoms with Gasteiger partial charge < -0.3 is 10.1 Å². The van der Waals surface area contributed by atoms with Gasteiger partial charge in [-0.05, 0) is 38.0 Å². The number of ether oxygens (including phenoxy) is 1. The molecule has 24 heavy (non-hydrogen) atoms. The fourth-order valence-electron chi connectivity index (χ4n) is 2.90. The minimum absolute atomic E-state index is 0.0630. The van der Waals surface area contributed by atoms with Gasteiger partial charge in [0.05, 0.1) is 18.3 Å². The number of aromatic nitrogens is 2. The Hall–Kier alpha value is -2.27. The van der Waals surface area contributed by atoms with Crippen molar-refractivity contribution >= 4 is 5.91 Å². The van der Waals surface area contributed by atoms with Crippen molar-refractivity contribution in [2.45, 2.75) is 39.2 Å². The van der Waals surface area contributed by atoms with Crippen LogP contribution in [0.1, 0.15) is 41.6 Å². The first-order valence-corrected chi connectivity index (χ1v) is 8.49. The molecule has 1 aromatic carbocycles. The summed E-state index contributed by atoms with van der Waals surface area (Å²) in [6.45, 7) is 5.34. The van der Waals surface area contributed by atoms with Crippen LogP contribution >= 0.6 is 0 Å². The maximum Gasteiger partial charge on any atom is 0.251 e. The number of carbonyl (C=O) groups is 1. The number of hydrogen-bond acceptors (Lipinski definition) is 4. The Morgan fingerprint density at radius 2 is 2.21 bits per heavy atom. The molecule has 1 N–H and O–H groups in total. The Bertz CT molecular complexity index is 724. The van der Waals surface area contributed by atoms with Crippen LogP contribution in [-0.4, -0.2) is 35.1 Å². The van der Waals surface area contributed by atoms with E-state index in [9.17, 15) is 4.79 Å². The van der Waals surface area contributed by atoms with Gasteiger partial charge in [0.15, 0.2) is 0 Å². The highest BCUT2D eigenvalue weighted by Crippen LogP contribution is 2.20. The highest BCUT2D eigenvalue weighted by atomic mass is 16.5. The number of hydrogen-bond donors (Lipinski definition) is 1. The SMILES string of the molecule is CCCc1cc(-c2cccc(C(=O)NC3CCOC3)c2)nc(C)n1. The van der Waals surface area contributed by atoms with Gasteiger partial charge in [-0.15, -0.1) is 0 Å². The van der Waals surface area contributed by atoms with Crippen molar-refractivity contribution in [2.75, 3.05) is 13.2 Å². The smallest absolute Gasteiger partial charge is 0.251 e. The summed E-state index contributed by atoms with van der Waals surface area (Å²) >= 11 is 0. The van der Waals surface area contributed by atoms with Gasteiger partial charge in [0.1, 0.15) is 5.82 Å². The van der Waals surface area contributed by atoms with Crippen molar-refractivity contribution in [3.8, 4) is 11.3 Å². The Morgan fingerprint density at radius 3 is 2.96 bits per heavy atom. The zero-order valence-electron chi connectivity index (χ0n) is 14.2. The van der Waals surface area contributed by atoms with Gasteiger partial charge >= 0.3 is 0 Å². The number of amides is 1. The Morgan fingerprint density at radius 1 is 1.33 bits per heavy atom. The summed E-state index contributed by atoms with van der Waals surface area (Å²) in [5.74, 6) is 0.695. The molecule has 1 unspecified atom stereocenters. The second kappa shape index (κ2) is 7.53. The minimum atomic E-state index is -0.0630. The third kappa shape index (κ3) is 3.97. The van der Waals surface area contributed by atoms with Crippen LogP contribution in [-0.2, 0) is 11.2 Å². The van der Waals surface area contributed by atoms with Crippen LogP contribution in [0.4, 0.5) is 0 Å². The molecule has 126 valence electrons. The van der Waals surface area contributed by atoms with E-state index in [4.69, 9.17) is 4.74 Å². The predicted octanol–water partition coefficient (Wildman–Crippen LogP) is 2.92. The van der Waals surface area contributed by atoms with Gasteiger partial charge in [-0.3, -0.25) is 4.79 Å². The second-order valence-corrected chi connectivity index (χ2v) is 6.16. The third-order valence-electron chi connectivity index (χ3n) is 4.08. The number of nitrogens with one attached hydrogen (secondary N) is 1. The lowest BCUT2D eigenvalue weighted by Gasteiger charge is -2.11. The summed E-state index contributed by atoms with van der Waals surface area (Å²) in [7, 11) is 0. The molecule has 1 amide bonds. The lowest BCUT2D eigenvalue weighted by molar-refractivity contribution is 0.0930. The van der Waals surface area contributed by atoms with Gasteiger partial charge in [-0.1, -0.05) is 25.5 Å². The Kier molecular flexibility index (Phi) is 5.20. The maximum atomic E-state index is 12.4. The largest absolute Gasteiger partial charge is 0.379 e.